The molecule has 3 aromatic rings. The third-order valence-electron chi connectivity index (χ3n) is 3.95. The number of rotatable bonds is 6. The van der Waals surface area contributed by atoms with E-state index in [1.54, 1.807) is 12.5 Å². The molecule has 6 nitrogen and oxygen atoms in total. The van der Waals surface area contributed by atoms with Gasteiger partial charge in [-0.25, -0.2) is 4.98 Å². The predicted molar refractivity (Wildman–Crippen MR) is 101 cm³/mol. The number of imidazole rings is 1. The number of hydrogen-bond donors (Lipinski definition) is 1. The third-order valence-corrected chi connectivity index (χ3v) is 3.95. The maximum Gasteiger partial charge on any atom is 0.270 e. The molecular weight excluding hydrogens is 326 g/mol. The average Bonchev–Trinajstić information content (AvgIpc) is 3.05. The van der Waals surface area contributed by atoms with Crippen molar-refractivity contribution < 1.29 is 4.79 Å². The van der Waals surface area contributed by atoms with Gasteiger partial charge in [0, 0.05) is 31.5 Å². The zero-order valence-electron chi connectivity index (χ0n) is 15.3. The van der Waals surface area contributed by atoms with Crippen LogP contribution in [0.4, 0.5) is 0 Å². The topological polar surface area (TPSA) is 63.1 Å². The molecule has 3 rings (SSSR count). The lowest BCUT2D eigenvalue weighted by atomic mass is 10.0. The minimum Gasteiger partial charge on any atom is -0.345 e. The van der Waals surface area contributed by atoms with Crippen molar-refractivity contribution >= 4 is 5.91 Å². The Kier molecular flexibility index (Phi) is 5.43. The molecule has 0 bridgehead atoms. The van der Waals surface area contributed by atoms with Gasteiger partial charge in [0.05, 0.1) is 18.6 Å². The van der Waals surface area contributed by atoms with Crippen LogP contribution in [0.15, 0.2) is 55.1 Å². The Hall–Kier alpha value is -2.99. The van der Waals surface area contributed by atoms with Crippen LogP contribution < -0.4 is 5.32 Å². The number of aromatic nitrogens is 3. The summed E-state index contributed by atoms with van der Waals surface area (Å²) in [5, 5.41) is 2.90. The van der Waals surface area contributed by atoms with Crippen LogP contribution in [0.25, 0.3) is 11.1 Å². The SMILES string of the molecule is CN(C)Cc1cccc(-c2cccnc2C(=O)NCc2cn(C)cn2)c1. The maximum atomic E-state index is 12.7. The Balaban J connectivity index is 1.82. The summed E-state index contributed by atoms with van der Waals surface area (Å²) in [5.41, 5.74) is 4.24. The summed E-state index contributed by atoms with van der Waals surface area (Å²) in [6, 6.07) is 12.0. The summed E-state index contributed by atoms with van der Waals surface area (Å²) >= 11 is 0. The van der Waals surface area contributed by atoms with Crippen LogP contribution in [-0.4, -0.2) is 39.4 Å². The van der Waals surface area contributed by atoms with E-state index in [1.807, 2.05) is 56.2 Å². The zero-order valence-corrected chi connectivity index (χ0v) is 15.3. The van der Waals surface area contributed by atoms with Gasteiger partial charge in [-0.1, -0.05) is 24.3 Å². The van der Waals surface area contributed by atoms with Crippen molar-refractivity contribution in [3.63, 3.8) is 0 Å². The lowest BCUT2D eigenvalue weighted by Gasteiger charge is -2.12. The molecule has 1 N–H and O–H groups in total. The summed E-state index contributed by atoms with van der Waals surface area (Å²) in [4.78, 5) is 23.3. The van der Waals surface area contributed by atoms with Crippen molar-refractivity contribution in [2.75, 3.05) is 14.1 Å². The zero-order chi connectivity index (χ0) is 18.5. The van der Waals surface area contributed by atoms with E-state index in [0.717, 1.165) is 23.4 Å². The van der Waals surface area contributed by atoms with Gasteiger partial charge in [0.25, 0.3) is 5.91 Å². The molecule has 0 fully saturated rings. The Labute approximate surface area is 153 Å². The number of amides is 1. The quantitative estimate of drug-likeness (QED) is 0.743. The van der Waals surface area contributed by atoms with Gasteiger partial charge in [-0.15, -0.1) is 0 Å². The first kappa shape index (κ1) is 17.8. The lowest BCUT2D eigenvalue weighted by Crippen LogP contribution is -2.24. The summed E-state index contributed by atoms with van der Waals surface area (Å²) in [7, 11) is 5.97. The van der Waals surface area contributed by atoms with E-state index < -0.39 is 0 Å². The number of hydrogen-bond acceptors (Lipinski definition) is 4. The number of benzene rings is 1. The fourth-order valence-corrected chi connectivity index (χ4v) is 2.83. The van der Waals surface area contributed by atoms with Crippen molar-refractivity contribution in [3.05, 3.63) is 72.1 Å². The molecule has 0 unspecified atom stereocenters. The molecule has 0 radical (unpaired) electrons. The molecule has 134 valence electrons. The lowest BCUT2D eigenvalue weighted by molar-refractivity contribution is 0.0946. The predicted octanol–water partition coefficient (Wildman–Crippen LogP) is 2.47. The fraction of sp³-hybridized carbons (Fsp3) is 0.250. The highest BCUT2D eigenvalue weighted by molar-refractivity contribution is 5.98. The third kappa shape index (κ3) is 4.34. The second kappa shape index (κ2) is 7.93. The first-order chi connectivity index (χ1) is 12.5. The highest BCUT2D eigenvalue weighted by atomic mass is 16.1. The molecule has 1 aromatic carbocycles. The molecule has 0 aliphatic carbocycles. The Morgan fingerprint density at radius 2 is 2.04 bits per heavy atom. The molecule has 2 heterocycles. The highest BCUT2D eigenvalue weighted by Gasteiger charge is 2.14. The molecule has 1 amide bonds. The number of carbonyl (C=O) groups excluding carboxylic acids is 1. The molecule has 0 atom stereocenters. The fourth-order valence-electron chi connectivity index (χ4n) is 2.83. The summed E-state index contributed by atoms with van der Waals surface area (Å²) in [6.07, 6.45) is 5.23. The van der Waals surface area contributed by atoms with E-state index in [-0.39, 0.29) is 5.91 Å². The molecule has 0 aliphatic rings. The van der Waals surface area contributed by atoms with E-state index in [2.05, 4.69) is 32.3 Å². The number of pyridine rings is 1. The molecule has 26 heavy (non-hydrogen) atoms. The van der Waals surface area contributed by atoms with Gasteiger partial charge < -0.3 is 14.8 Å². The van der Waals surface area contributed by atoms with E-state index in [1.165, 1.54) is 5.56 Å². The van der Waals surface area contributed by atoms with Crippen molar-refractivity contribution in [2.45, 2.75) is 13.1 Å². The van der Waals surface area contributed by atoms with Crippen LogP contribution in [0.1, 0.15) is 21.7 Å². The maximum absolute atomic E-state index is 12.7. The minimum absolute atomic E-state index is 0.204. The Bertz CT molecular complexity index is 900. The normalized spacial score (nSPS) is 10.9. The number of nitrogens with zero attached hydrogens (tertiary/aromatic N) is 4. The Morgan fingerprint density at radius 3 is 2.77 bits per heavy atom. The first-order valence-electron chi connectivity index (χ1n) is 8.47. The van der Waals surface area contributed by atoms with Crippen molar-refractivity contribution in [1.29, 1.82) is 0 Å². The van der Waals surface area contributed by atoms with Crippen molar-refractivity contribution in [1.82, 2.24) is 24.8 Å². The van der Waals surface area contributed by atoms with E-state index in [0.29, 0.717) is 12.2 Å². The molecular formula is C20H23N5O. The van der Waals surface area contributed by atoms with E-state index >= 15 is 0 Å². The van der Waals surface area contributed by atoms with E-state index in [9.17, 15) is 4.79 Å². The number of nitrogens with one attached hydrogen (secondary N) is 1. The molecule has 0 saturated carbocycles. The van der Waals surface area contributed by atoms with Gasteiger partial charge in [0.15, 0.2) is 0 Å². The summed E-state index contributed by atoms with van der Waals surface area (Å²) < 4.78 is 1.85. The van der Waals surface area contributed by atoms with Gasteiger partial charge in [-0.05, 0) is 37.4 Å². The van der Waals surface area contributed by atoms with Crippen molar-refractivity contribution in [3.8, 4) is 11.1 Å². The largest absolute Gasteiger partial charge is 0.345 e. The minimum atomic E-state index is -0.204. The standard InChI is InChI=1S/C20H23N5O/c1-24(2)12-15-6-4-7-16(10-15)18-8-5-9-21-19(18)20(26)22-11-17-13-25(3)14-23-17/h4-10,13-14H,11-12H2,1-3H3,(H,22,26). The van der Waals surface area contributed by atoms with Crippen LogP contribution in [0.3, 0.4) is 0 Å². The van der Waals surface area contributed by atoms with Gasteiger partial charge in [-0.3, -0.25) is 9.78 Å². The Morgan fingerprint density at radius 1 is 1.19 bits per heavy atom. The van der Waals surface area contributed by atoms with Crippen molar-refractivity contribution in [2.24, 2.45) is 7.05 Å². The summed E-state index contributed by atoms with van der Waals surface area (Å²) in [5.74, 6) is -0.204. The number of aryl methyl sites for hydroxylation is 1. The highest BCUT2D eigenvalue weighted by Crippen LogP contribution is 2.23. The van der Waals surface area contributed by atoms with Crippen LogP contribution >= 0.6 is 0 Å². The average molecular weight is 349 g/mol. The van der Waals surface area contributed by atoms with Gasteiger partial charge in [-0.2, -0.15) is 0 Å². The first-order valence-corrected chi connectivity index (χ1v) is 8.47. The van der Waals surface area contributed by atoms with Gasteiger partial charge >= 0.3 is 0 Å². The van der Waals surface area contributed by atoms with Crippen LogP contribution in [-0.2, 0) is 20.1 Å². The summed E-state index contributed by atoms with van der Waals surface area (Å²) in [6.45, 7) is 1.21. The molecule has 6 heteroatoms. The second-order valence-corrected chi connectivity index (χ2v) is 6.55. The molecule has 0 aliphatic heterocycles. The monoisotopic (exact) mass is 349 g/mol. The smallest absolute Gasteiger partial charge is 0.270 e. The van der Waals surface area contributed by atoms with Gasteiger partial charge in [0.2, 0.25) is 0 Å². The van der Waals surface area contributed by atoms with Gasteiger partial charge in [0.1, 0.15) is 5.69 Å². The second-order valence-electron chi connectivity index (χ2n) is 6.55. The molecule has 0 saturated heterocycles. The van der Waals surface area contributed by atoms with Crippen LogP contribution in [0.5, 0.6) is 0 Å². The van der Waals surface area contributed by atoms with Crippen LogP contribution in [0.2, 0.25) is 0 Å². The molecule has 2 aromatic heterocycles. The van der Waals surface area contributed by atoms with Crippen LogP contribution in [0, 0.1) is 0 Å². The van der Waals surface area contributed by atoms with E-state index in [4.69, 9.17) is 0 Å². The molecule has 0 spiro atoms. The number of carbonyl (C=O) groups is 1.